The number of carboxylic acids is 1. The number of carboxylic acid groups (broad SMARTS) is 1. The number of carbonyl (C=O) groups is 1. The molecule has 0 unspecified atom stereocenters. The molecule has 2 aromatic rings. The second-order valence-corrected chi connectivity index (χ2v) is 3.94. The van der Waals surface area contributed by atoms with Crippen LogP contribution in [0.2, 0.25) is 0 Å². The molecule has 0 aliphatic rings. The van der Waals surface area contributed by atoms with Crippen LogP contribution < -0.4 is 0 Å². The standard InChI is InChI=1S/C8H7N3O2S/c1-5-2-9-8(14-5)11-3-6(7(12)13)10-4-11/h2-4H,1H3,(H,12,13). The van der Waals surface area contributed by atoms with Crippen molar-refractivity contribution < 1.29 is 9.90 Å². The van der Waals surface area contributed by atoms with E-state index in [1.54, 1.807) is 10.8 Å². The highest BCUT2D eigenvalue weighted by molar-refractivity contribution is 7.13. The van der Waals surface area contributed by atoms with E-state index in [2.05, 4.69) is 9.97 Å². The summed E-state index contributed by atoms with van der Waals surface area (Å²) in [6, 6.07) is 0. The molecular weight excluding hydrogens is 202 g/mol. The largest absolute Gasteiger partial charge is 0.476 e. The predicted molar refractivity (Wildman–Crippen MR) is 50.9 cm³/mol. The fourth-order valence-corrected chi connectivity index (χ4v) is 1.70. The Bertz CT molecular complexity index is 474. The van der Waals surface area contributed by atoms with Crippen molar-refractivity contribution in [2.45, 2.75) is 6.92 Å². The quantitative estimate of drug-likeness (QED) is 0.810. The van der Waals surface area contributed by atoms with Gasteiger partial charge in [0.2, 0.25) is 0 Å². The Kier molecular flexibility index (Phi) is 2.05. The van der Waals surface area contributed by atoms with Crippen molar-refractivity contribution in [3.8, 4) is 5.13 Å². The summed E-state index contributed by atoms with van der Waals surface area (Å²) < 4.78 is 1.60. The molecule has 6 heteroatoms. The maximum Gasteiger partial charge on any atom is 0.356 e. The first-order valence-electron chi connectivity index (χ1n) is 3.87. The molecule has 0 aliphatic heterocycles. The Balaban J connectivity index is 2.38. The number of aromatic carboxylic acids is 1. The Hall–Kier alpha value is -1.69. The van der Waals surface area contributed by atoms with Gasteiger partial charge >= 0.3 is 5.97 Å². The fourth-order valence-electron chi connectivity index (χ4n) is 1.00. The summed E-state index contributed by atoms with van der Waals surface area (Å²) in [5.74, 6) is -1.03. The molecule has 5 nitrogen and oxygen atoms in total. The van der Waals surface area contributed by atoms with Crippen LogP contribution >= 0.6 is 11.3 Å². The van der Waals surface area contributed by atoms with Crippen LogP contribution in [0, 0.1) is 6.92 Å². The van der Waals surface area contributed by atoms with Crippen LogP contribution in [-0.4, -0.2) is 25.6 Å². The molecule has 14 heavy (non-hydrogen) atoms. The number of imidazole rings is 1. The van der Waals surface area contributed by atoms with Crippen molar-refractivity contribution in [1.82, 2.24) is 14.5 Å². The Morgan fingerprint density at radius 1 is 1.57 bits per heavy atom. The van der Waals surface area contributed by atoms with Crippen molar-refractivity contribution in [1.29, 1.82) is 0 Å². The summed E-state index contributed by atoms with van der Waals surface area (Å²) in [7, 11) is 0. The van der Waals surface area contributed by atoms with E-state index in [1.165, 1.54) is 23.9 Å². The van der Waals surface area contributed by atoms with Crippen LogP contribution in [0.3, 0.4) is 0 Å². The van der Waals surface area contributed by atoms with E-state index in [0.717, 1.165) is 10.0 Å². The van der Waals surface area contributed by atoms with E-state index >= 15 is 0 Å². The maximum absolute atomic E-state index is 10.6. The molecular formula is C8H7N3O2S. The number of thiazole rings is 1. The van der Waals surface area contributed by atoms with Gasteiger partial charge in [0.25, 0.3) is 0 Å². The number of aryl methyl sites for hydroxylation is 1. The number of hydrogen-bond acceptors (Lipinski definition) is 4. The highest BCUT2D eigenvalue weighted by atomic mass is 32.1. The van der Waals surface area contributed by atoms with E-state index in [-0.39, 0.29) is 5.69 Å². The van der Waals surface area contributed by atoms with Crippen molar-refractivity contribution >= 4 is 17.3 Å². The minimum absolute atomic E-state index is 0.0258. The van der Waals surface area contributed by atoms with Crippen molar-refractivity contribution in [2.24, 2.45) is 0 Å². The highest BCUT2D eigenvalue weighted by Gasteiger charge is 2.08. The molecule has 2 aromatic heterocycles. The first-order chi connectivity index (χ1) is 6.66. The average molecular weight is 209 g/mol. The molecule has 0 aliphatic carbocycles. The van der Waals surface area contributed by atoms with E-state index in [4.69, 9.17) is 5.11 Å². The Morgan fingerprint density at radius 3 is 2.86 bits per heavy atom. The van der Waals surface area contributed by atoms with Crippen LogP contribution in [0.25, 0.3) is 5.13 Å². The normalized spacial score (nSPS) is 10.4. The third-order valence-corrected chi connectivity index (χ3v) is 2.56. The van der Waals surface area contributed by atoms with Crippen molar-refractivity contribution in [3.05, 3.63) is 29.3 Å². The summed E-state index contributed by atoms with van der Waals surface area (Å²) in [5.41, 5.74) is 0.0258. The van der Waals surface area contributed by atoms with Crippen LogP contribution in [0.15, 0.2) is 18.7 Å². The summed E-state index contributed by atoms with van der Waals surface area (Å²) in [4.78, 5) is 19.5. The smallest absolute Gasteiger partial charge is 0.356 e. The zero-order valence-electron chi connectivity index (χ0n) is 7.34. The summed E-state index contributed by atoms with van der Waals surface area (Å²) >= 11 is 1.48. The van der Waals surface area contributed by atoms with E-state index in [9.17, 15) is 4.79 Å². The predicted octanol–water partition coefficient (Wildman–Crippen LogP) is 1.34. The Morgan fingerprint density at radius 2 is 2.36 bits per heavy atom. The van der Waals surface area contributed by atoms with Gasteiger partial charge in [-0.2, -0.15) is 0 Å². The van der Waals surface area contributed by atoms with Crippen molar-refractivity contribution in [2.75, 3.05) is 0 Å². The van der Waals surface area contributed by atoms with Crippen LogP contribution in [0.1, 0.15) is 15.4 Å². The van der Waals surface area contributed by atoms with Gasteiger partial charge in [0.05, 0.1) is 0 Å². The van der Waals surface area contributed by atoms with Gasteiger partial charge in [0.15, 0.2) is 10.8 Å². The zero-order valence-corrected chi connectivity index (χ0v) is 8.15. The molecule has 0 radical (unpaired) electrons. The molecule has 0 aromatic carbocycles. The van der Waals surface area contributed by atoms with Crippen LogP contribution in [0.4, 0.5) is 0 Å². The van der Waals surface area contributed by atoms with Gasteiger partial charge in [0.1, 0.15) is 6.33 Å². The first kappa shape index (κ1) is 8.89. The second kappa shape index (κ2) is 3.22. The fraction of sp³-hybridized carbons (Fsp3) is 0.125. The molecule has 1 N–H and O–H groups in total. The molecule has 0 spiro atoms. The second-order valence-electron chi connectivity index (χ2n) is 2.72. The van der Waals surface area contributed by atoms with Crippen molar-refractivity contribution in [3.63, 3.8) is 0 Å². The molecule has 0 saturated heterocycles. The lowest BCUT2D eigenvalue weighted by Crippen LogP contribution is -1.95. The van der Waals surface area contributed by atoms with Gasteiger partial charge in [-0.15, -0.1) is 11.3 Å². The zero-order chi connectivity index (χ0) is 10.1. The average Bonchev–Trinajstić information content (AvgIpc) is 2.70. The van der Waals surface area contributed by atoms with Crippen LogP contribution in [-0.2, 0) is 0 Å². The van der Waals surface area contributed by atoms with Gasteiger partial charge in [-0.25, -0.2) is 14.8 Å². The molecule has 72 valence electrons. The summed E-state index contributed by atoms with van der Waals surface area (Å²) in [5, 5.41) is 9.38. The third-order valence-electron chi connectivity index (χ3n) is 1.63. The van der Waals surface area contributed by atoms with Crippen LogP contribution in [0.5, 0.6) is 0 Å². The van der Waals surface area contributed by atoms with Gasteiger partial charge in [-0.05, 0) is 6.92 Å². The lowest BCUT2D eigenvalue weighted by molar-refractivity contribution is 0.0691. The Labute approximate surface area is 83.7 Å². The highest BCUT2D eigenvalue weighted by Crippen LogP contribution is 2.16. The lowest BCUT2D eigenvalue weighted by atomic mass is 10.5. The summed E-state index contributed by atoms with van der Waals surface area (Å²) in [6.07, 6.45) is 4.63. The van der Waals surface area contributed by atoms with E-state index < -0.39 is 5.97 Å². The molecule has 2 heterocycles. The van der Waals surface area contributed by atoms with Gasteiger partial charge in [-0.1, -0.05) is 0 Å². The minimum Gasteiger partial charge on any atom is -0.476 e. The molecule has 0 amide bonds. The molecule has 0 bridgehead atoms. The monoisotopic (exact) mass is 209 g/mol. The molecule has 0 fully saturated rings. The third kappa shape index (κ3) is 1.51. The van der Waals surface area contributed by atoms with E-state index in [1.807, 2.05) is 6.92 Å². The summed E-state index contributed by atoms with van der Waals surface area (Å²) in [6.45, 7) is 1.94. The molecule has 2 rings (SSSR count). The number of nitrogens with zero attached hydrogens (tertiary/aromatic N) is 3. The molecule has 0 saturated carbocycles. The van der Waals surface area contributed by atoms with Gasteiger partial charge in [-0.3, -0.25) is 4.57 Å². The topological polar surface area (TPSA) is 68.0 Å². The molecule has 0 atom stereocenters. The first-order valence-corrected chi connectivity index (χ1v) is 4.68. The van der Waals surface area contributed by atoms with E-state index in [0.29, 0.717) is 0 Å². The minimum atomic E-state index is -1.03. The van der Waals surface area contributed by atoms with Gasteiger partial charge < -0.3 is 5.11 Å². The number of hydrogen-bond donors (Lipinski definition) is 1. The maximum atomic E-state index is 10.6. The van der Waals surface area contributed by atoms with Gasteiger partial charge in [0, 0.05) is 17.3 Å². The number of aromatic nitrogens is 3. The number of rotatable bonds is 2. The lowest BCUT2D eigenvalue weighted by Gasteiger charge is -1.91. The SMILES string of the molecule is Cc1cnc(-n2cnc(C(=O)O)c2)s1.